The van der Waals surface area contributed by atoms with Gasteiger partial charge in [0.1, 0.15) is 6.26 Å². The molecule has 0 aliphatic carbocycles. The molecule has 1 aromatic rings. The Kier molecular flexibility index (Phi) is 3.76. The molecule has 1 aromatic heterocycles. The molecule has 0 fully saturated rings. The van der Waals surface area contributed by atoms with E-state index >= 15 is 0 Å². The minimum absolute atomic E-state index is 0.0689. The predicted octanol–water partition coefficient (Wildman–Crippen LogP) is 1.90. The van der Waals surface area contributed by atoms with Crippen molar-refractivity contribution in [2.75, 3.05) is 13.7 Å². The fourth-order valence-corrected chi connectivity index (χ4v) is 1.60. The van der Waals surface area contributed by atoms with Crippen molar-refractivity contribution < 1.29 is 18.7 Å². The molecular weight excluding hydrogens is 236 g/mol. The lowest BCUT2D eigenvalue weighted by atomic mass is 10.0. The average Bonchev–Trinajstić information content (AvgIpc) is 2.89. The van der Waals surface area contributed by atoms with E-state index in [0.717, 1.165) is 0 Å². The van der Waals surface area contributed by atoms with Gasteiger partial charge in [-0.05, 0) is 6.92 Å². The molecule has 96 valence electrons. The van der Waals surface area contributed by atoms with E-state index in [0.29, 0.717) is 24.8 Å². The van der Waals surface area contributed by atoms with Gasteiger partial charge in [0.25, 0.3) is 0 Å². The lowest BCUT2D eigenvalue weighted by Crippen LogP contribution is -2.11. The van der Waals surface area contributed by atoms with Crippen LogP contribution in [0.5, 0.6) is 0 Å². The van der Waals surface area contributed by atoms with E-state index in [2.05, 4.69) is 9.98 Å². The van der Waals surface area contributed by atoms with Crippen molar-refractivity contribution >= 4 is 11.9 Å². The van der Waals surface area contributed by atoms with Gasteiger partial charge in [0.15, 0.2) is 11.6 Å². The van der Waals surface area contributed by atoms with E-state index in [1.807, 2.05) is 6.08 Å². The van der Waals surface area contributed by atoms with E-state index in [1.54, 1.807) is 20.2 Å². The Bertz CT molecular complexity index is 490. The number of hydrogen-bond donors (Lipinski definition) is 0. The largest absolute Gasteiger partial charge is 0.484 e. The number of carbonyl (C=O) groups excluding carboxylic acids is 1. The summed E-state index contributed by atoms with van der Waals surface area (Å²) in [7, 11) is 1.56. The number of hydrogen-bond acceptors (Lipinski definition) is 6. The molecule has 0 radical (unpaired) electrons. The zero-order valence-electron chi connectivity index (χ0n) is 10.3. The lowest BCUT2D eigenvalue weighted by molar-refractivity contribution is 0.0519. The summed E-state index contributed by atoms with van der Waals surface area (Å²) in [5, 5.41) is 0. The molecular formula is C12H14N2O4. The van der Waals surface area contributed by atoms with Crippen molar-refractivity contribution in [3.63, 3.8) is 0 Å². The van der Waals surface area contributed by atoms with Gasteiger partial charge in [-0.25, -0.2) is 14.8 Å². The van der Waals surface area contributed by atoms with Crippen molar-refractivity contribution in [1.82, 2.24) is 4.98 Å². The Morgan fingerprint density at radius 1 is 1.61 bits per heavy atom. The zero-order chi connectivity index (χ0) is 13.0. The number of oxazole rings is 1. The van der Waals surface area contributed by atoms with Crippen LogP contribution in [0.25, 0.3) is 0 Å². The Labute approximate surface area is 104 Å². The van der Waals surface area contributed by atoms with E-state index in [4.69, 9.17) is 13.9 Å². The Hall–Kier alpha value is -2.11. The minimum Gasteiger partial charge on any atom is -0.484 e. The second-order valence-electron chi connectivity index (χ2n) is 3.67. The van der Waals surface area contributed by atoms with Gasteiger partial charge in [0.2, 0.25) is 5.89 Å². The number of methoxy groups -OCH3 is 1. The molecule has 18 heavy (non-hydrogen) atoms. The average molecular weight is 250 g/mol. The molecule has 1 unspecified atom stereocenters. The van der Waals surface area contributed by atoms with Crippen LogP contribution in [0.15, 0.2) is 27.9 Å². The molecule has 6 nitrogen and oxygen atoms in total. The smallest absolute Gasteiger partial charge is 0.360 e. The Balaban J connectivity index is 2.09. The highest BCUT2D eigenvalue weighted by Crippen LogP contribution is 2.24. The maximum absolute atomic E-state index is 11.5. The van der Waals surface area contributed by atoms with Crippen molar-refractivity contribution in [2.45, 2.75) is 19.3 Å². The predicted molar refractivity (Wildman–Crippen MR) is 63.4 cm³/mol. The summed E-state index contributed by atoms with van der Waals surface area (Å²) in [6.07, 6.45) is 5.36. The number of aliphatic imine (C=N–C) groups is 1. The molecule has 2 rings (SSSR count). The Morgan fingerprint density at radius 3 is 3.17 bits per heavy atom. The quantitative estimate of drug-likeness (QED) is 0.766. The third-order valence-electron chi connectivity index (χ3n) is 2.49. The van der Waals surface area contributed by atoms with E-state index < -0.39 is 5.97 Å². The van der Waals surface area contributed by atoms with E-state index in [-0.39, 0.29) is 11.6 Å². The van der Waals surface area contributed by atoms with Gasteiger partial charge in [-0.3, -0.25) is 0 Å². The summed E-state index contributed by atoms with van der Waals surface area (Å²) < 4.78 is 15.2. The van der Waals surface area contributed by atoms with Gasteiger partial charge in [-0.1, -0.05) is 6.08 Å². The summed E-state index contributed by atoms with van der Waals surface area (Å²) >= 11 is 0. The molecule has 0 aromatic carbocycles. The van der Waals surface area contributed by atoms with Crippen LogP contribution in [0, 0.1) is 0 Å². The van der Waals surface area contributed by atoms with E-state index in [1.165, 1.54) is 6.26 Å². The van der Waals surface area contributed by atoms with E-state index in [9.17, 15) is 4.79 Å². The van der Waals surface area contributed by atoms with Crippen LogP contribution in [-0.2, 0) is 9.47 Å². The maximum Gasteiger partial charge on any atom is 0.360 e. The van der Waals surface area contributed by atoms with Crippen LogP contribution in [-0.4, -0.2) is 30.6 Å². The first-order valence-corrected chi connectivity index (χ1v) is 5.64. The summed E-state index contributed by atoms with van der Waals surface area (Å²) in [6.45, 7) is 2.05. The van der Waals surface area contributed by atoms with Crippen LogP contribution in [0.3, 0.4) is 0 Å². The molecule has 2 heterocycles. The van der Waals surface area contributed by atoms with Crippen LogP contribution < -0.4 is 0 Å². The summed E-state index contributed by atoms with van der Waals surface area (Å²) in [4.78, 5) is 19.6. The molecule has 0 N–H and O–H groups in total. The van der Waals surface area contributed by atoms with Gasteiger partial charge in [0, 0.05) is 12.6 Å². The molecule has 1 aliphatic rings. The fourth-order valence-electron chi connectivity index (χ4n) is 1.60. The number of allylic oxidation sites excluding steroid dienone is 1. The lowest BCUT2D eigenvalue weighted by Gasteiger charge is -2.12. The topological polar surface area (TPSA) is 73.9 Å². The minimum atomic E-state index is -0.479. The number of nitrogens with zero attached hydrogens (tertiary/aromatic N) is 2. The van der Waals surface area contributed by atoms with Gasteiger partial charge < -0.3 is 13.9 Å². The first-order valence-electron chi connectivity index (χ1n) is 5.64. The third kappa shape index (κ3) is 2.58. The second kappa shape index (κ2) is 5.48. The SMILES string of the molecule is CCOC(=O)c1coc(C2C=CN=C(OC)C2)n1. The molecule has 0 saturated heterocycles. The molecule has 0 amide bonds. The van der Waals surface area contributed by atoms with Crippen molar-refractivity contribution in [2.24, 2.45) is 4.99 Å². The number of ether oxygens (including phenoxy) is 2. The first-order chi connectivity index (χ1) is 8.74. The van der Waals surface area contributed by atoms with Crippen molar-refractivity contribution in [3.05, 3.63) is 30.1 Å². The molecule has 1 aliphatic heterocycles. The summed E-state index contributed by atoms with van der Waals surface area (Å²) in [5.41, 5.74) is 0.182. The number of esters is 1. The van der Waals surface area contributed by atoms with Crippen LogP contribution in [0.2, 0.25) is 0 Å². The molecule has 1 atom stereocenters. The van der Waals surface area contributed by atoms with Gasteiger partial charge in [-0.2, -0.15) is 0 Å². The molecule has 0 spiro atoms. The monoisotopic (exact) mass is 250 g/mol. The van der Waals surface area contributed by atoms with Gasteiger partial charge >= 0.3 is 5.97 Å². The highest BCUT2D eigenvalue weighted by molar-refractivity contribution is 5.86. The molecule has 0 saturated carbocycles. The van der Waals surface area contributed by atoms with Crippen LogP contribution in [0.1, 0.15) is 35.6 Å². The second-order valence-corrected chi connectivity index (χ2v) is 3.67. The normalized spacial score (nSPS) is 18.3. The molecule has 6 heteroatoms. The van der Waals surface area contributed by atoms with Crippen molar-refractivity contribution in [3.8, 4) is 0 Å². The number of rotatable bonds is 3. The van der Waals surface area contributed by atoms with Crippen LogP contribution >= 0.6 is 0 Å². The third-order valence-corrected chi connectivity index (χ3v) is 2.49. The molecule has 0 bridgehead atoms. The fraction of sp³-hybridized carbons (Fsp3) is 0.417. The number of aromatic nitrogens is 1. The first kappa shape index (κ1) is 12.3. The highest BCUT2D eigenvalue weighted by Gasteiger charge is 2.22. The Morgan fingerprint density at radius 2 is 2.44 bits per heavy atom. The standard InChI is InChI=1S/C12H14N2O4/c1-3-17-12(15)9-7-18-11(14-9)8-4-5-13-10(6-8)16-2/h4-5,7-8H,3,6H2,1-2H3. The maximum atomic E-state index is 11.5. The van der Waals surface area contributed by atoms with Gasteiger partial charge in [-0.15, -0.1) is 0 Å². The summed E-state index contributed by atoms with van der Waals surface area (Å²) in [5.74, 6) is 0.519. The van der Waals surface area contributed by atoms with Crippen LogP contribution in [0.4, 0.5) is 0 Å². The summed E-state index contributed by atoms with van der Waals surface area (Å²) in [6, 6.07) is 0. The zero-order valence-corrected chi connectivity index (χ0v) is 10.3. The van der Waals surface area contributed by atoms with Crippen molar-refractivity contribution in [1.29, 1.82) is 0 Å². The highest BCUT2D eigenvalue weighted by atomic mass is 16.5. The number of carbonyl (C=O) groups is 1. The van der Waals surface area contributed by atoms with Gasteiger partial charge in [0.05, 0.1) is 19.6 Å².